The van der Waals surface area contributed by atoms with E-state index in [2.05, 4.69) is 5.32 Å². The van der Waals surface area contributed by atoms with Crippen molar-refractivity contribution in [2.45, 2.75) is 11.3 Å². The maximum Gasteiger partial charge on any atom is 0.328 e. The summed E-state index contributed by atoms with van der Waals surface area (Å²) < 4.78 is 31.2. The van der Waals surface area contributed by atoms with Crippen LogP contribution in [0.1, 0.15) is 6.42 Å². The van der Waals surface area contributed by atoms with E-state index in [4.69, 9.17) is 4.74 Å². The van der Waals surface area contributed by atoms with Crippen LogP contribution in [0.4, 0.5) is 4.79 Å². The fraction of sp³-hybridized carbons (Fsp3) is 0.267. The molecule has 0 saturated carbocycles. The van der Waals surface area contributed by atoms with Gasteiger partial charge in [0.25, 0.3) is 10.0 Å². The van der Waals surface area contributed by atoms with Crippen LogP contribution in [-0.4, -0.2) is 34.7 Å². The Bertz CT molecular complexity index is 759. The molecule has 0 radical (unpaired) electrons. The van der Waals surface area contributed by atoms with Gasteiger partial charge in [-0.1, -0.05) is 30.3 Å². The highest BCUT2D eigenvalue weighted by Crippen LogP contribution is 2.18. The largest absolute Gasteiger partial charge is 0.385 e. The highest BCUT2D eigenvalue weighted by Gasteiger charge is 2.17. The maximum atomic E-state index is 12.2. The van der Waals surface area contributed by atoms with Gasteiger partial charge in [-0.3, -0.25) is 0 Å². The molecule has 0 atom stereocenters. The van der Waals surface area contributed by atoms with Crippen LogP contribution >= 0.6 is 0 Å². The molecule has 0 aromatic heterocycles. The van der Waals surface area contributed by atoms with E-state index in [0.717, 1.165) is 10.8 Å². The first-order chi connectivity index (χ1) is 10.5. The second-order valence-corrected chi connectivity index (χ2v) is 6.40. The number of urea groups is 1. The molecule has 7 heteroatoms. The van der Waals surface area contributed by atoms with Crippen LogP contribution in [0, 0.1) is 0 Å². The summed E-state index contributed by atoms with van der Waals surface area (Å²) in [4.78, 5) is 11.7. The molecule has 6 nitrogen and oxygen atoms in total. The number of benzene rings is 2. The second-order valence-electron chi connectivity index (χ2n) is 4.72. The van der Waals surface area contributed by atoms with Crippen molar-refractivity contribution in [3.8, 4) is 0 Å². The van der Waals surface area contributed by atoms with Crippen LogP contribution in [0.25, 0.3) is 10.8 Å². The maximum absolute atomic E-state index is 12.2. The van der Waals surface area contributed by atoms with Gasteiger partial charge in [-0.15, -0.1) is 0 Å². The van der Waals surface area contributed by atoms with Crippen LogP contribution in [0.3, 0.4) is 0 Å². The number of hydrogen-bond donors (Lipinski definition) is 2. The summed E-state index contributed by atoms with van der Waals surface area (Å²) in [7, 11) is -2.33. The van der Waals surface area contributed by atoms with Gasteiger partial charge in [0, 0.05) is 20.3 Å². The number of carbonyl (C=O) groups is 1. The molecule has 0 aliphatic rings. The van der Waals surface area contributed by atoms with Crippen LogP contribution in [0.15, 0.2) is 47.4 Å². The van der Waals surface area contributed by atoms with Crippen molar-refractivity contribution in [1.82, 2.24) is 10.0 Å². The molecule has 0 aliphatic heterocycles. The molecule has 0 bridgehead atoms. The molecular weight excluding hydrogens is 304 g/mol. The molecule has 0 spiro atoms. The van der Waals surface area contributed by atoms with Gasteiger partial charge in [-0.05, 0) is 29.3 Å². The van der Waals surface area contributed by atoms with E-state index in [-0.39, 0.29) is 4.90 Å². The first-order valence-electron chi connectivity index (χ1n) is 6.81. The Morgan fingerprint density at radius 1 is 1.14 bits per heavy atom. The van der Waals surface area contributed by atoms with Gasteiger partial charge in [0.05, 0.1) is 4.90 Å². The van der Waals surface area contributed by atoms with Crippen molar-refractivity contribution in [2.24, 2.45) is 0 Å². The summed E-state index contributed by atoms with van der Waals surface area (Å²) in [6.45, 7) is 0.838. The SMILES string of the molecule is COCCCNC(=O)NS(=O)(=O)c1ccc2ccccc2c1. The van der Waals surface area contributed by atoms with Crippen molar-refractivity contribution in [3.05, 3.63) is 42.5 Å². The Kier molecular flexibility index (Phi) is 5.35. The summed E-state index contributed by atoms with van der Waals surface area (Å²) in [5.74, 6) is 0. The fourth-order valence-corrected chi connectivity index (χ4v) is 2.93. The molecular formula is C15H18N2O4S. The minimum absolute atomic E-state index is 0.0539. The molecule has 0 heterocycles. The van der Waals surface area contributed by atoms with Gasteiger partial charge >= 0.3 is 6.03 Å². The summed E-state index contributed by atoms with van der Waals surface area (Å²) in [5.41, 5.74) is 0. The summed E-state index contributed by atoms with van der Waals surface area (Å²) >= 11 is 0. The third-order valence-corrected chi connectivity index (χ3v) is 4.40. The standard InChI is InChI=1S/C15H18N2O4S/c1-21-10-4-9-16-15(18)17-22(19,20)14-8-7-12-5-2-3-6-13(12)11-14/h2-3,5-8,11H,4,9-10H2,1H3,(H2,16,17,18). The summed E-state index contributed by atoms with van der Waals surface area (Å²) in [6, 6.07) is 11.4. The van der Waals surface area contributed by atoms with E-state index in [1.165, 1.54) is 12.1 Å². The number of nitrogens with one attached hydrogen (secondary N) is 2. The van der Waals surface area contributed by atoms with Crippen molar-refractivity contribution in [3.63, 3.8) is 0 Å². The minimum atomic E-state index is -3.89. The number of amides is 2. The molecule has 2 aromatic rings. The average molecular weight is 322 g/mol. The van der Waals surface area contributed by atoms with E-state index in [1.807, 2.05) is 29.0 Å². The lowest BCUT2D eigenvalue weighted by Gasteiger charge is -2.09. The van der Waals surface area contributed by atoms with Crippen LogP contribution in [-0.2, 0) is 14.8 Å². The van der Waals surface area contributed by atoms with Crippen molar-refractivity contribution < 1.29 is 17.9 Å². The average Bonchev–Trinajstić information content (AvgIpc) is 2.50. The smallest absolute Gasteiger partial charge is 0.328 e. The third kappa shape index (κ3) is 4.19. The van der Waals surface area contributed by atoms with Gasteiger partial charge in [-0.2, -0.15) is 0 Å². The first kappa shape index (κ1) is 16.3. The quantitative estimate of drug-likeness (QED) is 0.795. The van der Waals surface area contributed by atoms with Crippen LogP contribution in [0.5, 0.6) is 0 Å². The van der Waals surface area contributed by atoms with E-state index in [9.17, 15) is 13.2 Å². The molecule has 0 fully saturated rings. The van der Waals surface area contributed by atoms with Gasteiger partial charge in [-0.25, -0.2) is 17.9 Å². The number of fused-ring (bicyclic) bond motifs is 1. The zero-order valence-electron chi connectivity index (χ0n) is 12.2. The van der Waals surface area contributed by atoms with Gasteiger partial charge < -0.3 is 10.1 Å². The summed E-state index contributed by atoms with van der Waals surface area (Å²) in [6.07, 6.45) is 0.611. The van der Waals surface area contributed by atoms with Crippen LogP contribution in [0.2, 0.25) is 0 Å². The predicted molar refractivity (Wildman–Crippen MR) is 84.2 cm³/mol. The third-order valence-electron chi connectivity index (χ3n) is 3.07. The van der Waals surface area contributed by atoms with Crippen molar-refractivity contribution in [2.75, 3.05) is 20.3 Å². The highest BCUT2D eigenvalue weighted by molar-refractivity contribution is 7.90. The number of carbonyl (C=O) groups excluding carboxylic acids is 1. The first-order valence-corrected chi connectivity index (χ1v) is 8.29. The van der Waals surface area contributed by atoms with Gasteiger partial charge in [0.1, 0.15) is 0 Å². The molecule has 0 aliphatic carbocycles. The van der Waals surface area contributed by atoms with E-state index in [1.54, 1.807) is 13.2 Å². The molecule has 2 aromatic carbocycles. The monoisotopic (exact) mass is 322 g/mol. The van der Waals surface area contributed by atoms with Crippen LogP contribution < -0.4 is 10.0 Å². The molecule has 0 saturated heterocycles. The Morgan fingerprint density at radius 3 is 2.59 bits per heavy atom. The molecule has 2 amide bonds. The fourth-order valence-electron chi connectivity index (χ4n) is 1.97. The minimum Gasteiger partial charge on any atom is -0.385 e. The predicted octanol–water partition coefficient (Wildman–Crippen LogP) is 1.86. The Labute approximate surface area is 129 Å². The number of methoxy groups -OCH3 is 1. The van der Waals surface area contributed by atoms with Gasteiger partial charge in [0.15, 0.2) is 0 Å². The normalized spacial score (nSPS) is 11.3. The van der Waals surface area contributed by atoms with Gasteiger partial charge in [0.2, 0.25) is 0 Å². The molecule has 118 valence electrons. The summed E-state index contributed by atoms with van der Waals surface area (Å²) in [5, 5.41) is 4.20. The number of ether oxygens (including phenoxy) is 1. The Morgan fingerprint density at radius 2 is 1.86 bits per heavy atom. The topological polar surface area (TPSA) is 84.5 Å². The Balaban J connectivity index is 2.06. The molecule has 2 N–H and O–H groups in total. The molecule has 0 unspecified atom stereocenters. The number of hydrogen-bond acceptors (Lipinski definition) is 4. The van der Waals surface area contributed by atoms with Crippen molar-refractivity contribution >= 4 is 26.8 Å². The lowest BCUT2D eigenvalue weighted by molar-refractivity contribution is 0.194. The second kappa shape index (κ2) is 7.24. The van der Waals surface area contributed by atoms with E-state index in [0.29, 0.717) is 19.6 Å². The lowest BCUT2D eigenvalue weighted by Crippen LogP contribution is -2.39. The number of sulfonamides is 1. The molecule has 2 rings (SSSR count). The zero-order chi connectivity index (χ0) is 16.0. The van der Waals surface area contributed by atoms with Crippen molar-refractivity contribution in [1.29, 1.82) is 0 Å². The van der Waals surface area contributed by atoms with E-state index < -0.39 is 16.1 Å². The Hall–Kier alpha value is -2.12. The number of rotatable bonds is 6. The zero-order valence-corrected chi connectivity index (χ0v) is 13.0. The lowest BCUT2D eigenvalue weighted by atomic mass is 10.1. The molecule has 22 heavy (non-hydrogen) atoms. The van der Waals surface area contributed by atoms with E-state index >= 15 is 0 Å². The highest BCUT2D eigenvalue weighted by atomic mass is 32.2.